The van der Waals surface area contributed by atoms with Crippen molar-refractivity contribution in [3.63, 3.8) is 0 Å². The number of esters is 1. The lowest BCUT2D eigenvalue weighted by atomic mass is 9.99. The minimum Gasteiger partial charge on any atom is -0.464 e. The second-order valence-electron chi connectivity index (χ2n) is 7.06. The van der Waals surface area contributed by atoms with Gasteiger partial charge in [0.15, 0.2) is 5.71 Å². The van der Waals surface area contributed by atoms with E-state index in [1.165, 1.54) is 32.6 Å². The number of carbonyl (C=O) groups excluding carboxylic acids is 1. The zero-order valence-electron chi connectivity index (χ0n) is 17.3. The summed E-state index contributed by atoms with van der Waals surface area (Å²) in [6.45, 7) is 4.07. The highest BCUT2D eigenvalue weighted by Crippen LogP contribution is 2.40. The molecule has 2 aromatic rings. The smallest absolute Gasteiger partial charge is 0.360 e. The standard InChI is InChI=1S/C23H26N2O4/c1-15-7-5-10-20(22(25-28-4)23(26)27-3)21(15)14-29-24-16(2)18-8-6-9-19(13-18)17-11-12-17/h5-10,13,17H,11-12,14H2,1-4H3/b24-16+,25-22+. The van der Waals surface area contributed by atoms with Crippen molar-refractivity contribution in [3.05, 3.63) is 70.3 Å². The lowest BCUT2D eigenvalue weighted by Crippen LogP contribution is -2.20. The van der Waals surface area contributed by atoms with Crippen LogP contribution in [0.4, 0.5) is 0 Å². The predicted octanol–water partition coefficient (Wildman–Crippen LogP) is 4.34. The highest BCUT2D eigenvalue weighted by atomic mass is 16.6. The molecular formula is C23H26N2O4. The van der Waals surface area contributed by atoms with Crippen molar-refractivity contribution in [1.29, 1.82) is 0 Å². The first-order chi connectivity index (χ1) is 14.0. The average molecular weight is 394 g/mol. The van der Waals surface area contributed by atoms with Gasteiger partial charge in [0.05, 0.1) is 12.8 Å². The van der Waals surface area contributed by atoms with Crippen LogP contribution in [0.1, 0.15) is 53.5 Å². The molecule has 6 heteroatoms. The largest absolute Gasteiger partial charge is 0.464 e. The van der Waals surface area contributed by atoms with E-state index in [1.807, 2.05) is 32.0 Å². The summed E-state index contributed by atoms with van der Waals surface area (Å²) in [5.41, 5.74) is 5.67. The third-order valence-electron chi connectivity index (χ3n) is 4.99. The molecule has 1 saturated carbocycles. The maximum Gasteiger partial charge on any atom is 0.360 e. The average Bonchev–Trinajstić information content (AvgIpc) is 3.58. The van der Waals surface area contributed by atoms with Gasteiger partial charge in [-0.2, -0.15) is 0 Å². The van der Waals surface area contributed by atoms with E-state index in [9.17, 15) is 4.79 Å². The van der Waals surface area contributed by atoms with Crippen LogP contribution in [0.25, 0.3) is 0 Å². The van der Waals surface area contributed by atoms with Gasteiger partial charge in [0.2, 0.25) is 0 Å². The van der Waals surface area contributed by atoms with E-state index in [4.69, 9.17) is 14.4 Å². The van der Waals surface area contributed by atoms with Gasteiger partial charge < -0.3 is 14.4 Å². The topological polar surface area (TPSA) is 69.5 Å². The summed E-state index contributed by atoms with van der Waals surface area (Å²) >= 11 is 0. The van der Waals surface area contributed by atoms with E-state index in [1.54, 1.807) is 6.07 Å². The van der Waals surface area contributed by atoms with E-state index in [2.05, 4.69) is 28.5 Å². The number of methoxy groups -OCH3 is 1. The van der Waals surface area contributed by atoms with Gasteiger partial charge in [-0.3, -0.25) is 0 Å². The molecule has 0 atom stereocenters. The number of benzene rings is 2. The highest BCUT2D eigenvalue weighted by molar-refractivity contribution is 6.43. The molecule has 1 aliphatic rings. The Balaban J connectivity index is 1.80. The molecule has 1 aliphatic carbocycles. The van der Waals surface area contributed by atoms with Crippen molar-refractivity contribution in [1.82, 2.24) is 0 Å². The van der Waals surface area contributed by atoms with Crippen LogP contribution in [0.15, 0.2) is 52.8 Å². The van der Waals surface area contributed by atoms with Crippen LogP contribution in [-0.2, 0) is 25.8 Å². The fourth-order valence-corrected chi connectivity index (χ4v) is 3.18. The second-order valence-corrected chi connectivity index (χ2v) is 7.06. The predicted molar refractivity (Wildman–Crippen MR) is 112 cm³/mol. The van der Waals surface area contributed by atoms with E-state index >= 15 is 0 Å². The van der Waals surface area contributed by atoms with Gasteiger partial charge in [0, 0.05) is 11.1 Å². The zero-order valence-corrected chi connectivity index (χ0v) is 17.3. The third kappa shape index (κ3) is 5.02. The molecule has 0 N–H and O–H groups in total. The second kappa shape index (κ2) is 9.37. The molecule has 0 bridgehead atoms. The van der Waals surface area contributed by atoms with Crippen molar-refractivity contribution in [3.8, 4) is 0 Å². The molecule has 1 fully saturated rings. The Bertz CT molecular complexity index is 946. The molecule has 0 heterocycles. The summed E-state index contributed by atoms with van der Waals surface area (Å²) < 4.78 is 4.83. The number of oxime groups is 2. The number of rotatable bonds is 8. The monoisotopic (exact) mass is 394 g/mol. The molecular weight excluding hydrogens is 368 g/mol. The Morgan fingerprint density at radius 1 is 1.10 bits per heavy atom. The van der Waals surface area contributed by atoms with Crippen LogP contribution in [-0.4, -0.2) is 31.6 Å². The number of nitrogens with zero attached hydrogens (tertiary/aromatic N) is 2. The maximum absolute atomic E-state index is 12.1. The van der Waals surface area contributed by atoms with Gasteiger partial charge in [-0.1, -0.05) is 46.7 Å². The number of hydrogen-bond donors (Lipinski definition) is 0. The molecule has 0 aliphatic heterocycles. The van der Waals surface area contributed by atoms with Crippen LogP contribution in [0.5, 0.6) is 0 Å². The van der Waals surface area contributed by atoms with Gasteiger partial charge in [-0.15, -0.1) is 0 Å². The lowest BCUT2D eigenvalue weighted by Gasteiger charge is -2.12. The number of carbonyl (C=O) groups is 1. The summed E-state index contributed by atoms with van der Waals surface area (Å²) in [5.74, 6) is 0.116. The van der Waals surface area contributed by atoms with Crippen LogP contribution < -0.4 is 0 Å². The Labute approximate surface area is 171 Å². The first-order valence-corrected chi connectivity index (χ1v) is 9.60. The molecule has 2 aromatic carbocycles. The minimum absolute atomic E-state index is 0.0927. The minimum atomic E-state index is -0.574. The highest BCUT2D eigenvalue weighted by Gasteiger charge is 2.23. The first-order valence-electron chi connectivity index (χ1n) is 9.60. The maximum atomic E-state index is 12.1. The van der Waals surface area contributed by atoms with Crippen molar-refractivity contribution < 1.29 is 19.2 Å². The van der Waals surface area contributed by atoms with Gasteiger partial charge in [-0.25, -0.2) is 4.79 Å². The van der Waals surface area contributed by atoms with Crippen molar-refractivity contribution in [2.45, 2.75) is 39.2 Å². The number of hydrogen-bond acceptors (Lipinski definition) is 6. The molecule has 0 spiro atoms. The Morgan fingerprint density at radius 2 is 1.86 bits per heavy atom. The van der Waals surface area contributed by atoms with Crippen molar-refractivity contribution in [2.24, 2.45) is 10.3 Å². The third-order valence-corrected chi connectivity index (χ3v) is 4.99. The van der Waals surface area contributed by atoms with Crippen LogP contribution in [0, 0.1) is 6.92 Å². The summed E-state index contributed by atoms with van der Waals surface area (Å²) in [5, 5.41) is 8.13. The molecule has 152 valence electrons. The normalized spacial score (nSPS) is 14.5. The molecule has 29 heavy (non-hydrogen) atoms. The van der Waals surface area contributed by atoms with Gasteiger partial charge in [0.25, 0.3) is 0 Å². The van der Waals surface area contributed by atoms with E-state index < -0.39 is 5.97 Å². The molecule has 3 rings (SSSR count). The zero-order chi connectivity index (χ0) is 20.8. The number of aryl methyl sites for hydroxylation is 1. The molecule has 0 aromatic heterocycles. The number of ether oxygens (including phenoxy) is 1. The van der Waals surface area contributed by atoms with Crippen molar-refractivity contribution >= 4 is 17.4 Å². The van der Waals surface area contributed by atoms with E-state index in [-0.39, 0.29) is 12.3 Å². The molecule has 0 unspecified atom stereocenters. The fourth-order valence-electron chi connectivity index (χ4n) is 3.18. The van der Waals surface area contributed by atoms with Crippen molar-refractivity contribution in [2.75, 3.05) is 14.2 Å². The summed E-state index contributed by atoms with van der Waals surface area (Å²) in [6.07, 6.45) is 2.52. The summed E-state index contributed by atoms with van der Waals surface area (Å²) in [4.78, 5) is 22.6. The fraction of sp³-hybridized carbons (Fsp3) is 0.348. The molecule has 0 radical (unpaired) electrons. The Kier molecular flexibility index (Phi) is 6.65. The van der Waals surface area contributed by atoms with Crippen LogP contribution in [0.2, 0.25) is 0 Å². The lowest BCUT2D eigenvalue weighted by molar-refractivity contribution is -0.132. The summed E-state index contributed by atoms with van der Waals surface area (Å²) in [6, 6.07) is 14.0. The van der Waals surface area contributed by atoms with Gasteiger partial charge in [0.1, 0.15) is 13.7 Å². The molecule has 0 amide bonds. The van der Waals surface area contributed by atoms with Crippen LogP contribution in [0.3, 0.4) is 0 Å². The van der Waals surface area contributed by atoms with E-state index in [0.717, 1.165) is 22.4 Å². The quantitative estimate of drug-likeness (QED) is 0.379. The van der Waals surface area contributed by atoms with Crippen LogP contribution >= 0.6 is 0 Å². The Hall–Kier alpha value is -3.15. The molecule has 0 saturated heterocycles. The van der Waals surface area contributed by atoms with Gasteiger partial charge in [-0.05, 0) is 55.4 Å². The molecule has 6 nitrogen and oxygen atoms in total. The van der Waals surface area contributed by atoms with E-state index in [0.29, 0.717) is 11.5 Å². The first kappa shape index (κ1) is 20.6. The van der Waals surface area contributed by atoms with Gasteiger partial charge >= 0.3 is 5.97 Å². The summed E-state index contributed by atoms with van der Waals surface area (Å²) in [7, 11) is 2.70. The Morgan fingerprint density at radius 3 is 2.55 bits per heavy atom. The SMILES string of the molecule is CO/N=C(/C(=O)OC)c1cccc(C)c1CO/N=C(\C)c1cccc(C2CC2)c1.